The molecule has 0 aromatic carbocycles. The highest BCUT2D eigenvalue weighted by atomic mass is 16.1. The molecular weight excluding hydrogens is 214 g/mol. The normalized spacial score (nSPS) is 29.9. The molecule has 4 heteroatoms. The van der Waals surface area contributed by atoms with Crippen LogP contribution in [0.1, 0.15) is 52.9 Å². The van der Waals surface area contributed by atoms with E-state index in [9.17, 15) is 4.79 Å². The van der Waals surface area contributed by atoms with Crippen molar-refractivity contribution in [1.29, 1.82) is 0 Å². The van der Waals surface area contributed by atoms with Gasteiger partial charge in [0, 0.05) is 12.1 Å². The number of nitrogens with two attached hydrogens (primary N) is 2. The highest BCUT2D eigenvalue weighted by molar-refractivity contribution is 5.83. The van der Waals surface area contributed by atoms with Gasteiger partial charge in [-0.2, -0.15) is 0 Å². The number of likely N-dealkylation sites (tertiary alicyclic amines) is 1. The molecule has 0 aliphatic carbocycles. The van der Waals surface area contributed by atoms with Crippen LogP contribution in [0.3, 0.4) is 0 Å². The maximum atomic E-state index is 11.1. The first-order valence-electron chi connectivity index (χ1n) is 6.69. The number of nitrogens with zero attached hydrogens (tertiary/aromatic N) is 1. The van der Waals surface area contributed by atoms with Crippen molar-refractivity contribution in [2.24, 2.45) is 11.5 Å². The van der Waals surface area contributed by atoms with Gasteiger partial charge < -0.3 is 11.5 Å². The maximum Gasteiger partial charge on any atom is 0.237 e. The average Bonchev–Trinajstić information content (AvgIpc) is 2.22. The summed E-state index contributed by atoms with van der Waals surface area (Å²) < 4.78 is 0. The number of hydrogen-bond acceptors (Lipinski definition) is 3. The zero-order valence-corrected chi connectivity index (χ0v) is 11.4. The number of primary amides is 1. The Balaban J connectivity index is 2.37. The molecule has 0 aromatic heterocycles. The van der Waals surface area contributed by atoms with Gasteiger partial charge in [0.15, 0.2) is 0 Å². The number of rotatable bonds is 5. The standard InChI is InChI=1S/C13H27N3O/c1-10-6-4-7-11(2)16(10)9-5-8-13(3,15)12(14)17/h10-11H,4-9,15H2,1-3H3,(H2,14,17)/t10-,11+,13?. The van der Waals surface area contributed by atoms with Gasteiger partial charge in [0.1, 0.15) is 0 Å². The predicted molar refractivity (Wildman–Crippen MR) is 70.5 cm³/mol. The van der Waals surface area contributed by atoms with Crippen molar-refractivity contribution in [3.63, 3.8) is 0 Å². The molecule has 17 heavy (non-hydrogen) atoms. The smallest absolute Gasteiger partial charge is 0.237 e. The lowest BCUT2D eigenvalue weighted by Gasteiger charge is -2.39. The topological polar surface area (TPSA) is 72.3 Å². The first kappa shape index (κ1) is 14.5. The van der Waals surface area contributed by atoms with Crippen LogP contribution in [0.15, 0.2) is 0 Å². The quantitative estimate of drug-likeness (QED) is 0.760. The highest BCUT2D eigenvalue weighted by Gasteiger charge is 2.27. The van der Waals surface area contributed by atoms with Gasteiger partial charge >= 0.3 is 0 Å². The van der Waals surface area contributed by atoms with Gasteiger partial charge in [-0.05, 0) is 53.0 Å². The fraction of sp³-hybridized carbons (Fsp3) is 0.923. The van der Waals surface area contributed by atoms with Gasteiger partial charge in [0.2, 0.25) is 5.91 Å². The molecule has 1 aliphatic heterocycles. The molecule has 3 atom stereocenters. The summed E-state index contributed by atoms with van der Waals surface area (Å²) in [6, 6.07) is 1.30. The van der Waals surface area contributed by atoms with Gasteiger partial charge in [-0.3, -0.25) is 9.69 Å². The summed E-state index contributed by atoms with van der Waals surface area (Å²) in [5, 5.41) is 0. The molecule has 0 aromatic rings. The molecule has 4 nitrogen and oxygen atoms in total. The van der Waals surface area contributed by atoms with Gasteiger partial charge in [-0.15, -0.1) is 0 Å². The molecule has 1 rings (SSSR count). The number of piperidine rings is 1. The van der Waals surface area contributed by atoms with E-state index in [-0.39, 0.29) is 0 Å². The Kier molecular flexibility index (Phi) is 4.95. The lowest BCUT2D eigenvalue weighted by atomic mass is 9.94. The maximum absolute atomic E-state index is 11.1. The summed E-state index contributed by atoms with van der Waals surface area (Å²) in [5.41, 5.74) is 10.3. The first-order valence-corrected chi connectivity index (χ1v) is 6.69. The lowest BCUT2D eigenvalue weighted by Crippen LogP contribution is -2.50. The van der Waals surface area contributed by atoms with Gasteiger partial charge in [0.05, 0.1) is 5.54 Å². The number of hydrogen-bond donors (Lipinski definition) is 2. The van der Waals surface area contributed by atoms with Crippen LogP contribution >= 0.6 is 0 Å². The Morgan fingerprint density at radius 1 is 1.35 bits per heavy atom. The van der Waals surface area contributed by atoms with Crippen LogP contribution in [0.2, 0.25) is 0 Å². The molecule has 1 aliphatic rings. The minimum absolute atomic E-state index is 0.405. The van der Waals surface area contributed by atoms with Crippen molar-refractivity contribution >= 4 is 5.91 Å². The molecule has 1 unspecified atom stereocenters. The summed E-state index contributed by atoms with van der Waals surface area (Å²) in [4.78, 5) is 13.6. The van der Waals surface area contributed by atoms with E-state index in [0.717, 1.165) is 13.0 Å². The van der Waals surface area contributed by atoms with Crippen molar-refractivity contribution in [2.75, 3.05) is 6.54 Å². The predicted octanol–water partition coefficient (Wildman–Crippen LogP) is 1.23. The van der Waals surface area contributed by atoms with Gasteiger partial charge in [0.25, 0.3) is 0 Å². The van der Waals surface area contributed by atoms with Crippen molar-refractivity contribution in [3.05, 3.63) is 0 Å². The lowest BCUT2D eigenvalue weighted by molar-refractivity contribution is -0.122. The fourth-order valence-corrected chi connectivity index (χ4v) is 2.67. The first-order chi connectivity index (χ1) is 7.84. The molecule has 4 N–H and O–H groups in total. The molecule has 1 saturated heterocycles. The Labute approximate surface area is 105 Å². The number of carbonyl (C=O) groups is 1. The molecule has 0 spiro atoms. The van der Waals surface area contributed by atoms with E-state index in [1.54, 1.807) is 6.92 Å². The van der Waals surface area contributed by atoms with Crippen LogP contribution in [0, 0.1) is 0 Å². The van der Waals surface area contributed by atoms with Crippen molar-refractivity contribution in [3.8, 4) is 0 Å². The molecule has 100 valence electrons. The van der Waals surface area contributed by atoms with Crippen molar-refractivity contribution in [1.82, 2.24) is 4.90 Å². The molecule has 0 bridgehead atoms. The van der Waals surface area contributed by atoms with Crippen LogP contribution in [-0.4, -0.2) is 35.0 Å². The van der Waals surface area contributed by atoms with Gasteiger partial charge in [-0.25, -0.2) is 0 Å². The molecule has 0 radical (unpaired) electrons. The SMILES string of the molecule is C[C@@H]1CCC[C@H](C)N1CCCC(C)(N)C(N)=O. The summed E-state index contributed by atoms with van der Waals surface area (Å²) in [6.07, 6.45) is 5.48. The molecule has 1 amide bonds. The van der Waals surface area contributed by atoms with Crippen LogP contribution in [0.25, 0.3) is 0 Å². The van der Waals surface area contributed by atoms with Gasteiger partial charge in [-0.1, -0.05) is 6.42 Å². The number of amides is 1. The largest absolute Gasteiger partial charge is 0.368 e. The Morgan fingerprint density at radius 2 is 1.88 bits per heavy atom. The second kappa shape index (κ2) is 5.83. The van der Waals surface area contributed by atoms with E-state index in [2.05, 4.69) is 18.7 Å². The molecule has 1 heterocycles. The van der Waals surface area contributed by atoms with Crippen LogP contribution in [0.4, 0.5) is 0 Å². The monoisotopic (exact) mass is 241 g/mol. The molecule has 0 saturated carbocycles. The Hall–Kier alpha value is -0.610. The molecular formula is C13H27N3O. The minimum atomic E-state index is -0.859. The van der Waals surface area contributed by atoms with E-state index in [4.69, 9.17) is 11.5 Å². The summed E-state index contributed by atoms with van der Waals surface area (Å²) in [6.45, 7) is 7.30. The summed E-state index contributed by atoms with van der Waals surface area (Å²) >= 11 is 0. The van der Waals surface area contributed by atoms with E-state index in [1.165, 1.54) is 19.3 Å². The highest BCUT2D eigenvalue weighted by Crippen LogP contribution is 2.23. The zero-order chi connectivity index (χ0) is 13.1. The third-order valence-electron chi connectivity index (χ3n) is 4.05. The van der Waals surface area contributed by atoms with E-state index in [1.807, 2.05) is 0 Å². The van der Waals surface area contributed by atoms with E-state index in [0.29, 0.717) is 18.5 Å². The second-order valence-corrected chi connectivity index (χ2v) is 5.75. The third-order valence-corrected chi connectivity index (χ3v) is 4.05. The van der Waals surface area contributed by atoms with Crippen molar-refractivity contribution in [2.45, 2.75) is 70.5 Å². The third kappa shape index (κ3) is 3.96. The van der Waals surface area contributed by atoms with E-state index < -0.39 is 11.4 Å². The summed E-state index contributed by atoms with van der Waals surface area (Å²) in [7, 11) is 0. The summed E-state index contributed by atoms with van der Waals surface area (Å²) in [5.74, 6) is -0.405. The average molecular weight is 241 g/mol. The Bertz CT molecular complexity index is 255. The van der Waals surface area contributed by atoms with Crippen LogP contribution < -0.4 is 11.5 Å². The minimum Gasteiger partial charge on any atom is -0.368 e. The molecule has 1 fully saturated rings. The number of carbonyl (C=O) groups excluding carboxylic acids is 1. The Morgan fingerprint density at radius 3 is 2.35 bits per heavy atom. The van der Waals surface area contributed by atoms with E-state index >= 15 is 0 Å². The van der Waals surface area contributed by atoms with Crippen LogP contribution in [-0.2, 0) is 4.79 Å². The zero-order valence-electron chi connectivity index (χ0n) is 11.4. The van der Waals surface area contributed by atoms with Crippen LogP contribution in [0.5, 0.6) is 0 Å². The second-order valence-electron chi connectivity index (χ2n) is 5.75. The fourth-order valence-electron chi connectivity index (χ4n) is 2.67. The van der Waals surface area contributed by atoms with Crippen molar-refractivity contribution < 1.29 is 4.79 Å².